The number of hydrogen-bond acceptors (Lipinski definition) is 4. The minimum atomic E-state index is -7.48. The topological polar surface area (TPSA) is 52.6 Å². The zero-order chi connectivity index (χ0) is 27.8. The highest BCUT2D eigenvalue weighted by Gasteiger charge is 2.81. The SMILES string of the molecule is CCC(C)(C)C(=O)OCCC(OC(=O)C(F)(F)C(F)(F)C(F)(F)C(F)F)(C(F)(F)F)C(F)(F)F. The Hall–Kier alpha value is -2.04. The summed E-state index contributed by atoms with van der Waals surface area (Å²) in [6.07, 6.45) is -22.2. The average molecular weight is 538 g/mol. The third-order valence-corrected chi connectivity index (χ3v) is 4.65. The maximum Gasteiger partial charge on any atom is 0.437 e. The van der Waals surface area contributed by atoms with Gasteiger partial charge in [-0.05, 0) is 20.3 Å². The van der Waals surface area contributed by atoms with Crippen LogP contribution in [0.15, 0.2) is 0 Å². The van der Waals surface area contributed by atoms with Gasteiger partial charge in [-0.2, -0.15) is 52.7 Å². The fourth-order valence-electron chi connectivity index (χ4n) is 1.93. The highest BCUT2D eigenvalue weighted by atomic mass is 19.4. The van der Waals surface area contributed by atoms with Crippen LogP contribution in [0, 0.1) is 5.41 Å². The molecule has 0 aromatic heterocycles. The first-order valence-corrected chi connectivity index (χ1v) is 8.72. The van der Waals surface area contributed by atoms with E-state index in [9.17, 15) is 71.1 Å². The molecule has 0 aliphatic carbocycles. The molecule has 0 saturated carbocycles. The predicted octanol–water partition coefficient (Wildman–Crippen LogP) is 5.93. The van der Waals surface area contributed by atoms with Crippen LogP contribution >= 0.6 is 0 Å². The predicted molar refractivity (Wildman–Crippen MR) is 81.4 cm³/mol. The summed E-state index contributed by atoms with van der Waals surface area (Å²) in [5.74, 6) is -27.8. The van der Waals surface area contributed by atoms with Gasteiger partial charge in [-0.3, -0.25) is 4.79 Å². The molecule has 0 bridgehead atoms. The lowest BCUT2D eigenvalue weighted by Gasteiger charge is -2.38. The molecule has 0 heterocycles. The molecular formula is C16H16F14O4. The number of esters is 2. The third-order valence-electron chi connectivity index (χ3n) is 4.65. The summed E-state index contributed by atoms with van der Waals surface area (Å²) in [7, 11) is 0. The molecule has 0 aliphatic rings. The Morgan fingerprint density at radius 3 is 1.50 bits per heavy atom. The second-order valence-electron chi connectivity index (χ2n) is 7.41. The molecule has 0 aliphatic heterocycles. The number of carbonyl (C=O) groups is 2. The minimum Gasteiger partial charge on any atom is -0.465 e. The largest absolute Gasteiger partial charge is 0.465 e. The van der Waals surface area contributed by atoms with Crippen molar-refractivity contribution in [1.82, 2.24) is 0 Å². The molecular weight excluding hydrogens is 522 g/mol. The van der Waals surface area contributed by atoms with Crippen molar-refractivity contribution in [3.8, 4) is 0 Å². The second kappa shape index (κ2) is 9.54. The number of alkyl halides is 14. The van der Waals surface area contributed by atoms with Crippen LogP contribution < -0.4 is 0 Å². The van der Waals surface area contributed by atoms with Gasteiger partial charge in [-0.15, -0.1) is 0 Å². The van der Waals surface area contributed by atoms with Crippen molar-refractivity contribution < 1.29 is 80.5 Å². The summed E-state index contributed by atoms with van der Waals surface area (Å²) in [5.41, 5.74) is -7.54. The molecule has 34 heavy (non-hydrogen) atoms. The third kappa shape index (κ3) is 5.60. The Bertz CT molecular complexity index is 725. The van der Waals surface area contributed by atoms with Gasteiger partial charge in [0, 0.05) is 6.42 Å². The van der Waals surface area contributed by atoms with Crippen LogP contribution in [0.4, 0.5) is 61.5 Å². The molecule has 4 nitrogen and oxygen atoms in total. The van der Waals surface area contributed by atoms with E-state index in [1.165, 1.54) is 6.92 Å². The maximum atomic E-state index is 13.6. The summed E-state index contributed by atoms with van der Waals surface area (Å²) in [6, 6.07) is 0. The summed E-state index contributed by atoms with van der Waals surface area (Å²) in [5, 5.41) is 0. The van der Waals surface area contributed by atoms with E-state index in [2.05, 4.69) is 9.47 Å². The van der Waals surface area contributed by atoms with Gasteiger partial charge in [0.2, 0.25) is 0 Å². The lowest BCUT2D eigenvalue weighted by atomic mass is 9.90. The maximum absolute atomic E-state index is 13.6. The van der Waals surface area contributed by atoms with Gasteiger partial charge in [-0.25, -0.2) is 13.6 Å². The number of rotatable bonds is 10. The van der Waals surface area contributed by atoms with E-state index in [-0.39, 0.29) is 6.42 Å². The average Bonchev–Trinajstić information content (AvgIpc) is 2.64. The van der Waals surface area contributed by atoms with Crippen molar-refractivity contribution in [2.75, 3.05) is 6.61 Å². The fourth-order valence-corrected chi connectivity index (χ4v) is 1.93. The first-order valence-electron chi connectivity index (χ1n) is 8.72. The van der Waals surface area contributed by atoms with Crippen LogP contribution in [-0.2, 0) is 19.1 Å². The molecule has 0 saturated heterocycles. The smallest absolute Gasteiger partial charge is 0.437 e. The standard InChI is InChI=1S/C16H16F14O4/c1-4-10(2,3)8(31)33-6-5-11(15(25,26)27,16(28,29)30)34-9(32)13(21,22)14(23,24)12(19,20)7(17)18/h7H,4-6H2,1-3H3. The summed E-state index contributed by atoms with van der Waals surface area (Å²) < 4.78 is 190. The Morgan fingerprint density at radius 2 is 1.18 bits per heavy atom. The minimum absolute atomic E-state index is 0.0514. The van der Waals surface area contributed by atoms with Gasteiger partial charge in [-0.1, -0.05) is 6.92 Å². The number of hydrogen-bond donors (Lipinski definition) is 0. The van der Waals surface area contributed by atoms with Crippen LogP contribution in [0.5, 0.6) is 0 Å². The van der Waals surface area contributed by atoms with Crippen molar-refractivity contribution in [2.45, 2.75) is 75.8 Å². The van der Waals surface area contributed by atoms with Gasteiger partial charge in [0.25, 0.3) is 0 Å². The van der Waals surface area contributed by atoms with Crippen molar-refractivity contribution in [3.63, 3.8) is 0 Å². The monoisotopic (exact) mass is 538 g/mol. The van der Waals surface area contributed by atoms with Crippen LogP contribution in [0.1, 0.15) is 33.6 Å². The van der Waals surface area contributed by atoms with E-state index in [1.54, 1.807) is 0 Å². The Labute approximate surface area is 181 Å². The van der Waals surface area contributed by atoms with Crippen molar-refractivity contribution in [2.24, 2.45) is 5.41 Å². The molecule has 0 unspecified atom stereocenters. The highest BCUT2D eigenvalue weighted by molar-refractivity contribution is 5.80. The first-order chi connectivity index (χ1) is 14.8. The first kappa shape index (κ1) is 32.0. The molecule has 0 fully saturated rings. The molecule has 0 spiro atoms. The quantitative estimate of drug-likeness (QED) is 0.256. The van der Waals surface area contributed by atoms with E-state index in [0.29, 0.717) is 0 Å². The van der Waals surface area contributed by atoms with E-state index < -0.39 is 72.5 Å². The van der Waals surface area contributed by atoms with Gasteiger partial charge < -0.3 is 9.47 Å². The number of carbonyl (C=O) groups excluding carboxylic acids is 2. The number of halogens is 14. The summed E-state index contributed by atoms with van der Waals surface area (Å²) in [4.78, 5) is 23.0. The van der Waals surface area contributed by atoms with Gasteiger partial charge in [0.1, 0.15) is 0 Å². The highest BCUT2D eigenvalue weighted by Crippen LogP contribution is 2.53. The molecule has 202 valence electrons. The molecule has 18 heteroatoms. The molecule has 0 aromatic carbocycles. The lowest BCUT2D eigenvalue weighted by molar-refractivity contribution is -0.384. The molecule has 0 amide bonds. The molecule has 0 N–H and O–H groups in total. The van der Waals surface area contributed by atoms with E-state index in [0.717, 1.165) is 13.8 Å². The molecule has 0 atom stereocenters. The van der Waals surface area contributed by atoms with Gasteiger partial charge >= 0.3 is 54.1 Å². The van der Waals surface area contributed by atoms with Crippen LogP contribution in [0.25, 0.3) is 0 Å². The molecule has 0 aromatic rings. The lowest BCUT2D eigenvalue weighted by Crippen LogP contribution is -2.66. The Morgan fingerprint density at radius 1 is 0.765 bits per heavy atom. The van der Waals surface area contributed by atoms with Crippen LogP contribution in [0.2, 0.25) is 0 Å². The molecule has 0 radical (unpaired) electrons. The summed E-state index contributed by atoms with van der Waals surface area (Å²) in [6.45, 7) is 1.71. The van der Waals surface area contributed by atoms with Crippen molar-refractivity contribution in [1.29, 1.82) is 0 Å². The number of ether oxygens (including phenoxy) is 2. The second-order valence-corrected chi connectivity index (χ2v) is 7.41. The van der Waals surface area contributed by atoms with Gasteiger partial charge in [0.05, 0.1) is 12.0 Å². The normalized spacial score (nSPS) is 14.9. The Balaban J connectivity index is 6.33. The van der Waals surface area contributed by atoms with Crippen LogP contribution in [0.3, 0.4) is 0 Å². The van der Waals surface area contributed by atoms with Crippen LogP contribution in [-0.4, -0.2) is 60.7 Å². The Kier molecular flexibility index (Phi) is 8.97. The van der Waals surface area contributed by atoms with E-state index in [1.807, 2.05) is 0 Å². The fraction of sp³-hybridized carbons (Fsp3) is 0.875. The van der Waals surface area contributed by atoms with Gasteiger partial charge in [0.15, 0.2) is 0 Å². The summed E-state index contributed by atoms with van der Waals surface area (Å²) >= 11 is 0. The zero-order valence-electron chi connectivity index (χ0n) is 17.1. The van der Waals surface area contributed by atoms with Crippen molar-refractivity contribution in [3.05, 3.63) is 0 Å². The molecule has 0 rings (SSSR count). The van der Waals surface area contributed by atoms with E-state index >= 15 is 0 Å². The van der Waals surface area contributed by atoms with E-state index in [4.69, 9.17) is 0 Å². The van der Waals surface area contributed by atoms with Crippen molar-refractivity contribution >= 4 is 11.9 Å². The zero-order valence-corrected chi connectivity index (χ0v) is 17.1.